The van der Waals surface area contributed by atoms with Crippen LogP contribution in [0.2, 0.25) is 0 Å². The molecule has 0 amide bonds. The first-order valence-corrected chi connectivity index (χ1v) is 7.85. The largest absolute Gasteiger partial charge is 0.468 e. The van der Waals surface area contributed by atoms with E-state index in [0.29, 0.717) is 6.04 Å². The molecule has 1 atom stereocenters. The maximum Gasteiger partial charge on any atom is 0.122 e. The molecule has 1 unspecified atom stereocenters. The highest BCUT2D eigenvalue weighted by Gasteiger charge is 2.22. The summed E-state index contributed by atoms with van der Waals surface area (Å²) in [7, 11) is 4.37. The van der Waals surface area contributed by atoms with Crippen LogP contribution in [0.15, 0.2) is 16.7 Å². The van der Waals surface area contributed by atoms with Gasteiger partial charge in [-0.05, 0) is 52.5 Å². The Hall–Kier alpha value is -0.840. The van der Waals surface area contributed by atoms with E-state index in [1.165, 1.54) is 31.5 Å². The van der Waals surface area contributed by atoms with E-state index < -0.39 is 0 Å². The van der Waals surface area contributed by atoms with Gasteiger partial charge in [0.25, 0.3) is 0 Å². The number of furan rings is 1. The molecule has 0 radical (unpaired) electrons. The Labute approximate surface area is 123 Å². The predicted molar refractivity (Wildman–Crippen MR) is 82.7 cm³/mol. The molecule has 114 valence electrons. The van der Waals surface area contributed by atoms with E-state index in [2.05, 4.69) is 42.2 Å². The van der Waals surface area contributed by atoms with Crippen molar-refractivity contribution in [3.63, 3.8) is 0 Å². The highest BCUT2D eigenvalue weighted by Crippen LogP contribution is 2.19. The van der Waals surface area contributed by atoms with Crippen molar-refractivity contribution in [1.82, 2.24) is 15.1 Å². The molecule has 4 nitrogen and oxygen atoms in total. The molecule has 1 saturated heterocycles. The molecular formula is C16H29N3O. The molecule has 1 aromatic rings. The lowest BCUT2D eigenvalue weighted by Gasteiger charge is -2.36. The maximum atomic E-state index is 5.63. The second-order valence-corrected chi connectivity index (χ2v) is 6.04. The minimum Gasteiger partial charge on any atom is -0.468 e. The number of likely N-dealkylation sites (tertiary alicyclic amines) is 1. The third kappa shape index (κ3) is 4.33. The number of piperidine rings is 1. The van der Waals surface area contributed by atoms with Crippen molar-refractivity contribution in [2.75, 3.05) is 33.7 Å². The van der Waals surface area contributed by atoms with E-state index in [4.69, 9.17) is 4.42 Å². The van der Waals surface area contributed by atoms with Gasteiger partial charge < -0.3 is 14.6 Å². The Bertz CT molecular complexity index is 389. The number of hydrogen-bond donors (Lipinski definition) is 1. The number of hydrogen-bond acceptors (Lipinski definition) is 4. The summed E-state index contributed by atoms with van der Waals surface area (Å²) in [6.07, 6.45) is 5.60. The number of rotatable bonds is 7. The molecule has 1 aliphatic heterocycles. The van der Waals surface area contributed by atoms with Crippen molar-refractivity contribution in [2.45, 2.75) is 45.3 Å². The van der Waals surface area contributed by atoms with Crippen molar-refractivity contribution >= 4 is 0 Å². The normalized spacial score (nSPS) is 20.7. The van der Waals surface area contributed by atoms with E-state index in [1.54, 1.807) is 0 Å². The summed E-state index contributed by atoms with van der Waals surface area (Å²) >= 11 is 0. The Morgan fingerprint density at radius 3 is 3.05 bits per heavy atom. The first-order valence-electron chi connectivity index (χ1n) is 7.85. The lowest BCUT2D eigenvalue weighted by atomic mass is 10.0. The maximum absolute atomic E-state index is 5.63. The van der Waals surface area contributed by atoms with Gasteiger partial charge in [0.15, 0.2) is 0 Å². The summed E-state index contributed by atoms with van der Waals surface area (Å²) in [5, 5.41) is 3.42. The van der Waals surface area contributed by atoms with E-state index >= 15 is 0 Å². The van der Waals surface area contributed by atoms with Gasteiger partial charge in [0.2, 0.25) is 0 Å². The van der Waals surface area contributed by atoms with Crippen LogP contribution in [0, 0.1) is 0 Å². The molecule has 1 fully saturated rings. The molecule has 4 heteroatoms. The predicted octanol–water partition coefficient (Wildman–Crippen LogP) is 2.31. The molecule has 2 heterocycles. The quantitative estimate of drug-likeness (QED) is 0.776. The monoisotopic (exact) mass is 279 g/mol. The molecule has 0 saturated carbocycles. The molecule has 0 bridgehead atoms. The van der Waals surface area contributed by atoms with Crippen molar-refractivity contribution in [3.8, 4) is 0 Å². The van der Waals surface area contributed by atoms with Gasteiger partial charge in [0.05, 0.1) is 12.8 Å². The molecule has 1 aromatic heterocycles. The number of nitrogens with zero attached hydrogens (tertiary/aromatic N) is 2. The number of nitrogens with one attached hydrogen (secondary N) is 1. The lowest BCUT2D eigenvalue weighted by molar-refractivity contribution is 0.127. The van der Waals surface area contributed by atoms with Crippen LogP contribution in [0.1, 0.15) is 37.5 Å². The van der Waals surface area contributed by atoms with Crippen LogP contribution in [-0.4, -0.2) is 49.6 Å². The van der Waals surface area contributed by atoms with Crippen molar-refractivity contribution in [2.24, 2.45) is 0 Å². The molecule has 1 N–H and O–H groups in total. The number of likely N-dealkylation sites (N-methyl/N-ethyl adjacent to an activating group) is 1. The van der Waals surface area contributed by atoms with E-state index in [1.807, 2.05) is 6.26 Å². The van der Waals surface area contributed by atoms with Crippen LogP contribution < -0.4 is 5.32 Å². The van der Waals surface area contributed by atoms with Gasteiger partial charge in [-0.25, -0.2) is 0 Å². The van der Waals surface area contributed by atoms with Crippen molar-refractivity contribution in [1.29, 1.82) is 0 Å². The Morgan fingerprint density at radius 1 is 1.45 bits per heavy atom. The topological polar surface area (TPSA) is 31.7 Å². The standard InChI is InChI=1S/C16H29N3O/c1-4-8-17-11-16-14(7-10-20-16)12-19-9-5-6-15(13-19)18(2)3/h7,10,15,17H,4-6,8-9,11-13H2,1-3H3. The van der Waals surface area contributed by atoms with Gasteiger partial charge in [-0.3, -0.25) is 4.90 Å². The lowest BCUT2D eigenvalue weighted by Crippen LogP contribution is -2.44. The van der Waals surface area contributed by atoms with Gasteiger partial charge in [-0.1, -0.05) is 6.92 Å². The molecule has 20 heavy (non-hydrogen) atoms. The molecular weight excluding hydrogens is 250 g/mol. The van der Waals surface area contributed by atoms with E-state index in [-0.39, 0.29) is 0 Å². The minimum absolute atomic E-state index is 0.692. The fourth-order valence-electron chi connectivity index (χ4n) is 2.88. The average molecular weight is 279 g/mol. The average Bonchev–Trinajstić information content (AvgIpc) is 2.87. The molecule has 0 aliphatic carbocycles. The first-order chi connectivity index (χ1) is 9.70. The summed E-state index contributed by atoms with van der Waals surface area (Å²) in [5.74, 6) is 1.10. The van der Waals surface area contributed by atoms with Gasteiger partial charge >= 0.3 is 0 Å². The van der Waals surface area contributed by atoms with E-state index in [9.17, 15) is 0 Å². The van der Waals surface area contributed by atoms with E-state index in [0.717, 1.165) is 31.8 Å². The molecule has 1 aliphatic rings. The van der Waals surface area contributed by atoms with Gasteiger partial charge in [0.1, 0.15) is 5.76 Å². The molecule has 2 rings (SSSR count). The third-order valence-electron chi connectivity index (χ3n) is 4.15. The van der Waals surface area contributed by atoms with Crippen LogP contribution in [0.25, 0.3) is 0 Å². The van der Waals surface area contributed by atoms with Crippen LogP contribution in [0.3, 0.4) is 0 Å². The Morgan fingerprint density at radius 2 is 2.30 bits per heavy atom. The zero-order valence-electron chi connectivity index (χ0n) is 13.2. The molecule has 0 aromatic carbocycles. The Kier molecular flexibility index (Phi) is 6.07. The van der Waals surface area contributed by atoms with Crippen LogP contribution in [0.5, 0.6) is 0 Å². The molecule has 0 spiro atoms. The summed E-state index contributed by atoms with van der Waals surface area (Å²) in [4.78, 5) is 4.91. The second-order valence-electron chi connectivity index (χ2n) is 6.04. The van der Waals surface area contributed by atoms with Gasteiger partial charge in [-0.2, -0.15) is 0 Å². The zero-order valence-corrected chi connectivity index (χ0v) is 13.2. The van der Waals surface area contributed by atoms with Crippen molar-refractivity contribution < 1.29 is 4.42 Å². The summed E-state index contributed by atoms with van der Waals surface area (Å²) in [5.41, 5.74) is 1.34. The highest BCUT2D eigenvalue weighted by atomic mass is 16.3. The second kappa shape index (κ2) is 7.81. The van der Waals surface area contributed by atoms with Crippen LogP contribution in [-0.2, 0) is 13.1 Å². The first kappa shape index (κ1) is 15.5. The fraction of sp³-hybridized carbons (Fsp3) is 0.750. The van der Waals surface area contributed by atoms with Gasteiger partial charge in [0, 0.05) is 24.7 Å². The van der Waals surface area contributed by atoms with Gasteiger partial charge in [-0.15, -0.1) is 0 Å². The SMILES string of the molecule is CCCNCc1occc1CN1CCCC(N(C)C)C1. The Balaban J connectivity index is 1.87. The third-order valence-corrected chi connectivity index (χ3v) is 4.15. The fourth-order valence-corrected chi connectivity index (χ4v) is 2.88. The summed E-state index contributed by atoms with van der Waals surface area (Å²) in [6, 6.07) is 2.82. The van der Waals surface area contributed by atoms with Crippen molar-refractivity contribution in [3.05, 3.63) is 23.7 Å². The summed E-state index contributed by atoms with van der Waals surface area (Å²) < 4.78 is 5.63. The summed E-state index contributed by atoms with van der Waals surface area (Å²) in [6.45, 7) is 7.47. The van der Waals surface area contributed by atoms with Crippen LogP contribution >= 0.6 is 0 Å². The highest BCUT2D eigenvalue weighted by molar-refractivity contribution is 5.17. The minimum atomic E-state index is 0.692. The zero-order chi connectivity index (χ0) is 14.4. The van der Waals surface area contributed by atoms with Crippen LogP contribution in [0.4, 0.5) is 0 Å². The smallest absolute Gasteiger partial charge is 0.122 e.